The Labute approximate surface area is 95.2 Å². The molecule has 0 unspecified atom stereocenters. The largest absolute Gasteiger partial charge is 0.315 e. The molecule has 1 aliphatic carbocycles. The Bertz CT molecular complexity index is 139. The van der Waals surface area contributed by atoms with Crippen LogP contribution in [0.3, 0.4) is 0 Å². The van der Waals surface area contributed by atoms with E-state index in [1.165, 1.54) is 45.1 Å². The van der Waals surface area contributed by atoms with E-state index in [2.05, 4.69) is 24.5 Å². The van der Waals surface area contributed by atoms with Crippen LogP contribution in [-0.2, 0) is 0 Å². The normalized spacial score (nSPS) is 18.6. The third-order valence-corrected chi connectivity index (χ3v) is 3.31. The number of rotatable bonds is 7. The Balaban J connectivity index is 1.83. The Morgan fingerprint density at radius 2 is 1.73 bits per heavy atom. The lowest BCUT2D eigenvalue weighted by atomic mass is 9.87. The maximum absolute atomic E-state index is 3.53. The molecule has 2 N–H and O–H groups in total. The van der Waals surface area contributed by atoms with Crippen LogP contribution < -0.4 is 10.6 Å². The molecule has 0 radical (unpaired) electrons. The summed E-state index contributed by atoms with van der Waals surface area (Å²) in [7, 11) is 0. The Kier molecular flexibility index (Phi) is 7.03. The lowest BCUT2D eigenvalue weighted by Gasteiger charge is -2.21. The minimum atomic E-state index is 0.616. The summed E-state index contributed by atoms with van der Waals surface area (Å²) >= 11 is 0. The van der Waals surface area contributed by atoms with Crippen LogP contribution in [0.25, 0.3) is 0 Å². The van der Waals surface area contributed by atoms with Crippen molar-refractivity contribution >= 4 is 0 Å². The van der Waals surface area contributed by atoms with Gasteiger partial charge in [-0.15, -0.1) is 0 Å². The van der Waals surface area contributed by atoms with Crippen molar-refractivity contribution in [3.63, 3.8) is 0 Å². The molecule has 1 fully saturated rings. The van der Waals surface area contributed by atoms with Gasteiger partial charge in [0.15, 0.2) is 0 Å². The Morgan fingerprint density at radius 1 is 1.00 bits per heavy atom. The second kappa shape index (κ2) is 8.12. The average Bonchev–Trinajstić information content (AvgIpc) is 2.24. The fraction of sp³-hybridized carbons (Fsp3) is 1.00. The van der Waals surface area contributed by atoms with Gasteiger partial charge in [-0.05, 0) is 18.9 Å². The molecular weight excluding hydrogens is 184 g/mol. The first-order chi connectivity index (χ1) is 7.29. The van der Waals surface area contributed by atoms with Crippen LogP contribution in [0.2, 0.25) is 0 Å². The van der Waals surface area contributed by atoms with E-state index < -0.39 is 0 Å². The Morgan fingerprint density at radius 3 is 2.40 bits per heavy atom. The van der Waals surface area contributed by atoms with E-state index in [-0.39, 0.29) is 0 Å². The fourth-order valence-electron chi connectivity index (χ4n) is 2.36. The van der Waals surface area contributed by atoms with Crippen molar-refractivity contribution in [2.75, 3.05) is 19.6 Å². The van der Waals surface area contributed by atoms with Gasteiger partial charge in [0, 0.05) is 19.1 Å². The summed E-state index contributed by atoms with van der Waals surface area (Å²) in [5.74, 6) is 1.02. The lowest BCUT2D eigenvalue weighted by Crippen LogP contribution is -2.32. The van der Waals surface area contributed by atoms with Crippen LogP contribution in [0.1, 0.15) is 52.4 Å². The zero-order valence-electron chi connectivity index (χ0n) is 10.5. The summed E-state index contributed by atoms with van der Waals surface area (Å²) < 4.78 is 0. The monoisotopic (exact) mass is 212 g/mol. The van der Waals surface area contributed by atoms with E-state index in [9.17, 15) is 0 Å². The number of hydrogen-bond acceptors (Lipinski definition) is 2. The average molecular weight is 212 g/mol. The van der Waals surface area contributed by atoms with Gasteiger partial charge in [-0.1, -0.05) is 46.0 Å². The molecule has 15 heavy (non-hydrogen) atoms. The van der Waals surface area contributed by atoms with E-state index in [4.69, 9.17) is 0 Å². The molecule has 0 aromatic heterocycles. The summed E-state index contributed by atoms with van der Waals surface area (Å²) in [6.07, 6.45) is 8.76. The summed E-state index contributed by atoms with van der Waals surface area (Å²) in [6.45, 7) is 7.82. The van der Waals surface area contributed by atoms with Gasteiger partial charge in [-0.3, -0.25) is 0 Å². The molecule has 0 aromatic rings. The zero-order chi connectivity index (χ0) is 10.9. The zero-order valence-corrected chi connectivity index (χ0v) is 10.5. The summed E-state index contributed by atoms with van der Waals surface area (Å²) in [6, 6.07) is 0.616. The van der Waals surface area contributed by atoms with Gasteiger partial charge in [0.25, 0.3) is 0 Å². The van der Waals surface area contributed by atoms with Gasteiger partial charge in [0.05, 0.1) is 0 Å². The van der Waals surface area contributed by atoms with Gasteiger partial charge >= 0.3 is 0 Å². The molecule has 0 aromatic carbocycles. The standard InChI is InChI=1S/C13H28N2/c1-12(2)15-11-10-14-9-8-13-6-4-3-5-7-13/h12-15H,3-11H2,1-2H3. The molecule has 1 saturated carbocycles. The molecule has 1 aliphatic rings. The minimum Gasteiger partial charge on any atom is -0.315 e. The van der Waals surface area contributed by atoms with E-state index in [0.29, 0.717) is 6.04 Å². The van der Waals surface area contributed by atoms with E-state index >= 15 is 0 Å². The molecule has 0 atom stereocenters. The van der Waals surface area contributed by atoms with Crippen LogP contribution in [0.4, 0.5) is 0 Å². The van der Waals surface area contributed by atoms with Crippen LogP contribution in [0, 0.1) is 5.92 Å². The van der Waals surface area contributed by atoms with Crippen molar-refractivity contribution in [2.45, 2.75) is 58.4 Å². The minimum absolute atomic E-state index is 0.616. The molecule has 0 aliphatic heterocycles. The molecule has 1 rings (SSSR count). The first kappa shape index (κ1) is 13.0. The van der Waals surface area contributed by atoms with Crippen molar-refractivity contribution < 1.29 is 0 Å². The number of hydrogen-bond donors (Lipinski definition) is 2. The van der Waals surface area contributed by atoms with E-state index in [0.717, 1.165) is 19.0 Å². The maximum Gasteiger partial charge on any atom is 0.00790 e. The van der Waals surface area contributed by atoms with Crippen molar-refractivity contribution in [1.82, 2.24) is 10.6 Å². The summed E-state index contributed by atoms with van der Waals surface area (Å²) in [5.41, 5.74) is 0. The lowest BCUT2D eigenvalue weighted by molar-refractivity contribution is 0.334. The first-order valence-electron chi connectivity index (χ1n) is 6.73. The molecule has 90 valence electrons. The molecule has 0 heterocycles. The highest BCUT2D eigenvalue weighted by Gasteiger charge is 2.12. The highest BCUT2D eigenvalue weighted by atomic mass is 14.9. The molecule has 2 nitrogen and oxygen atoms in total. The second-order valence-electron chi connectivity index (χ2n) is 5.15. The molecular formula is C13H28N2. The van der Waals surface area contributed by atoms with Gasteiger partial charge < -0.3 is 10.6 Å². The third-order valence-electron chi connectivity index (χ3n) is 3.31. The smallest absolute Gasteiger partial charge is 0.00790 e. The highest BCUT2D eigenvalue weighted by Crippen LogP contribution is 2.25. The van der Waals surface area contributed by atoms with Gasteiger partial charge in [0.1, 0.15) is 0 Å². The van der Waals surface area contributed by atoms with Gasteiger partial charge in [-0.25, -0.2) is 0 Å². The van der Waals surface area contributed by atoms with Gasteiger partial charge in [0.2, 0.25) is 0 Å². The van der Waals surface area contributed by atoms with Crippen LogP contribution >= 0.6 is 0 Å². The SMILES string of the molecule is CC(C)NCCNCCC1CCCCC1. The molecule has 0 saturated heterocycles. The highest BCUT2D eigenvalue weighted by molar-refractivity contribution is 4.67. The van der Waals surface area contributed by atoms with Crippen molar-refractivity contribution in [1.29, 1.82) is 0 Å². The quantitative estimate of drug-likeness (QED) is 0.634. The van der Waals surface area contributed by atoms with E-state index in [1.54, 1.807) is 0 Å². The predicted molar refractivity (Wildman–Crippen MR) is 67.2 cm³/mol. The molecule has 0 bridgehead atoms. The molecule has 0 spiro atoms. The first-order valence-corrected chi connectivity index (χ1v) is 6.73. The van der Waals surface area contributed by atoms with Crippen LogP contribution in [0.5, 0.6) is 0 Å². The topological polar surface area (TPSA) is 24.1 Å². The van der Waals surface area contributed by atoms with Crippen molar-refractivity contribution in [3.8, 4) is 0 Å². The summed E-state index contributed by atoms with van der Waals surface area (Å²) in [5, 5.41) is 6.95. The van der Waals surface area contributed by atoms with Crippen molar-refractivity contribution in [3.05, 3.63) is 0 Å². The maximum atomic E-state index is 3.53. The van der Waals surface area contributed by atoms with Crippen molar-refractivity contribution in [2.24, 2.45) is 5.92 Å². The van der Waals surface area contributed by atoms with Crippen LogP contribution in [-0.4, -0.2) is 25.7 Å². The second-order valence-corrected chi connectivity index (χ2v) is 5.15. The van der Waals surface area contributed by atoms with Crippen LogP contribution in [0.15, 0.2) is 0 Å². The predicted octanol–water partition coefficient (Wildman–Crippen LogP) is 2.54. The molecule has 0 amide bonds. The third kappa shape index (κ3) is 6.91. The summed E-state index contributed by atoms with van der Waals surface area (Å²) in [4.78, 5) is 0. The Hall–Kier alpha value is -0.0800. The molecule has 2 heteroatoms. The van der Waals surface area contributed by atoms with Gasteiger partial charge in [-0.2, -0.15) is 0 Å². The number of nitrogens with one attached hydrogen (secondary N) is 2. The van der Waals surface area contributed by atoms with E-state index in [1.807, 2.05) is 0 Å². The fourth-order valence-corrected chi connectivity index (χ4v) is 2.36.